The van der Waals surface area contributed by atoms with Crippen LogP contribution in [0.4, 0.5) is 0 Å². The number of nitrogens with two attached hydrogens (primary N) is 2. The molecule has 0 aliphatic heterocycles. The Hall–Kier alpha value is -2.21. The van der Waals surface area contributed by atoms with E-state index in [1.165, 1.54) is 30.7 Å². The largest absolute Gasteiger partial charge is 0.486 e. The third-order valence-corrected chi connectivity index (χ3v) is 3.37. The lowest BCUT2D eigenvalue weighted by Gasteiger charge is -2.03. The van der Waals surface area contributed by atoms with Gasteiger partial charge < -0.3 is 16.2 Å². The first-order valence-electron chi connectivity index (χ1n) is 6.66. The van der Waals surface area contributed by atoms with Gasteiger partial charge in [0, 0.05) is 30.9 Å². The first-order valence-corrected chi connectivity index (χ1v) is 7.04. The molecule has 7 heteroatoms. The van der Waals surface area contributed by atoms with Crippen LogP contribution in [-0.2, 0) is 11.3 Å². The second-order valence-electron chi connectivity index (χ2n) is 4.99. The van der Waals surface area contributed by atoms with Crippen molar-refractivity contribution < 1.29 is 4.74 Å². The molecule has 0 saturated heterocycles. The molecule has 0 radical (unpaired) electrons. The molecule has 6 nitrogen and oxygen atoms in total. The molecule has 0 unspecified atom stereocenters. The molecule has 1 fully saturated rings. The summed E-state index contributed by atoms with van der Waals surface area (Å²) in [5.74, 6) is 1.71. The molecule has 2 aromatic rings. The summed E-state index contributed by atoms with van der Waals surface area (Å²) < 4.78 is 7.42. The van der Waals surface area contributed by atoms with Crippen molar-refractivity contribution >= 4 is 17.4 Å². The van der Waals surface area contributed by atoms with Crippen LogP contribution < -0.4 is 11.5 Å². The van der Waals surface area contributed by atoms with Crippen LogP contribution in [0.1, 0.15) is 30.0 Å². The van der Waals surface area contributed by atoms with Gasteiger partial charge in [-0.3, -0.25) is 4.40 Å². The third-order valence-electron chi connectivity index (χ3n) is 3.26. The molecule has 0 bridgehead atoms. The fourth-order valence-electron chi connectivity index (χ4n) is 2.08. The molecule has 21 heavy (non-hydrogen) atoms. The van der Waals surface area contributed by atoms with E-state index in [1.807, 2.05) is 16.8 Å². The lowest BCUT2D eigenvalue weighted by atomic mass is 10.2. The van der Waals surface area contributed by atoms with E-state index >= 15 is 0 Å². The molecule has 1 aliphatic carbocycles. The van der Waals surface area contributed by atoms with Gasteiger partial charge in [0.05, 0.1) is 5.69 Å². The topological polar surface area (TPSA) is 91.5 Å². The number of fused-ring (bicyclic) bond motifs is 1. The summed E-state index contributed by atoms with van der Waals surface area (Å²) in [5, 5.41) is 0.109. The van der Waals surface area contributed by atoms with Gasteiger partial charge in [-0.2, -0.15) is 0 Å². The zero-order chi connectivity index (χ0) is 14.8. The summed E-state index contributed by atoms with van der Waals surface area (Å²) in [5.41, 5.74) is 12.8. The smallest absolute Gasteiger partial charge is 0.234 e. The average molecular weight is 306 g/mol. The van der Waals surface area contributed by atoms with E-state index in [0.717, 1.165) is 5.69 Å². The molecule has 0 amide bonds. The fraction of sp³-hybridized carbons (Fsp3) is 0.286. The molecule has 4 N–H and O–H groups in total. The summed E-state index contributed by atoms with van der Waals surface area (Å²) in [7, 11) is 0. The summed E-state index contributed by atoms with van der Waals surface area (Å²) in [4.78, 5) is 8.76. The molecule has 0 atom stereocenters. The summed E-state index contributed by atoms with van der Waals surface area (Å²) in [6.45, 7) is 0.270. The molecule has 0 spiro atoms. The minimum Gasteiger partial charge on any atom is -0.486 e. The van der Waals surface area contributed by atoms with Gasteiger partial charge in [0.25, 0.3) is 0 Å². The number of halogens is 1. The lowest BCUT2D eigenvalue weighted by molar-refractivity contribution is 0.207. The van der Waals surface area contributed by atoms with Gasteiger partial charge in [-0.1, -0.05) is 11.6 Å². The van der Waals surface area contributed by atoms with Gasteiger partial charge in [0.15, 0.2) is 0 Å². The SMILES string of the molecule is N/C=C(\C=C(/N)Cl)OCc1cn2cc(C3CC3)cnc2n1. The van der Waals surface area contributed by atoms with Crippen molar-refractivity contribution in [2.75, 3.05) is 0 Å². The van der Waals surface area contributed by atoms with Crippen molar-refractivity contribution in [2.24, 2.45) is 11.5 Å². The molecule has 110 valence electrons. The molecule has 1 aliphatic rings. The Kier molecular flexibility index (Phi) is 3.70. The van der Waals surface area contributed by atoms with Crippen molar-refractivity contribution in [1.29, 1.82) is 0 Å². The van der Waals surface area contributed by atoms with Crippen LogP contribution in [-0.4, -0.2) is 14.4 Å². The van der Waals surface area contributed by atoms with E-state index in [1.54, 1.807) is 0 Å². The maximum Gasteiger partial charge on any atom is 0.234 e. The second kappa shape index (κ2) is 5.65. The van der Waals surface area contributed by atoms with Gasteiger partial charge >= 0.3 is 0 Å². The standard InChI is InChI=1S/C14H16ClN5O/c15-13(17)3-12(4-16)21-8-11-7-20-6-10(9-1-2-9)5-18-14(20)19-11/h3-7,9H,1-2,8,16-17H2/b12-4+,13-3-. The number of rotatable bonds is 5. The van der Waals surface area contributed by atoms with Crippen LogP contribution in [0.2, 0.25) is 0 Å². The summed E-state index contributed by atoms with van der Waals surface area (Å²) in [6, 6.07) is 0. The minimum absolute atomic E-state index is 0.109. The van der Waals surface area contributed by atoms with Gasteiger partial charge in [-0.05, 0) is 24.3 Å². The Labute approximate surface area is 127 Å². The van der Waals surface area contributed by atoms with E-state index < -0.39 is 0 Å². The quantitative estimate of drug-likeness (QED) is 0.500. The van der Waals surface area contributed by atoms with Crippen LogP contribution >= 0.6 is 11.6 Å². The molecular formula is C14H16ClN5O. The Morgan fingerprint density at radius 1 is 1.48 bits per heavy atom. The van der Waals surface area contributed by atoms with E-state index in [4.69, 9.17) is 27.8 Å². The number of ether oxygens (including phenoxy) is 1. The maximum absolute atomic E-state index is 5.58. The zero-order valence-electron chi connectivity index (χ0n) is 11.4. The number of allylic oxidation sites excluding steroid dienone is 1. The molecule has 2 aromatic heterocycles. The minimum atomic E-state index is 0.109. The van der Waals surface area contributed by atoms with Gasteiger partial charge in [0.1, 0.15) is 17.5 Å². The highest BCUT2D eigenvalue weighted by molar-refractivity contribution is 6.29. The number of imidazole rings is 1. The monoisotopic (exact) mass is 305 g/mol. The maximum atomic E-state index is 5.58. The Morgan fingerprint density at radius 2 is 2.29 bits per heavy atom. The number of nitrogens with zero attached hydrogens (tertiary/aromatic N) is 3. The van der Waals surface area contributed by atoms with Gasteiger partial charge in [-0.15, -0.1) is 0 Å². The Balaban J connectivity index is 1.73. The molecule has 1 saturated carbocycles. The molecule has 2 heterocycles. The lowest BCUT2D eigenvalue weighted by Crippen LogP contribution is -1.98. The van der Waals surface area contributed by atoms with Crippen LogP contribution in [0.25, 0.3) is 5.78 Å². The Morgan fingerprint density at radius 3 is 2.95 bits per heavy atom. The Bertz CT molecular complexity index is 713. The van der Waals surface area contributed by atoms with Crippen molar-refractivity contribution in [2.45, 2.75) is 25.4 Å². The fourth-order valence-corrected chi connectivity index (χ4v) is 2.19. The number of aromatic nitrogens is 3. The average Bonchev–Trinajstić information content (AvgIpc) is 3.22. The zero-order valence-corrected chi connectivity index (χ0v) is 12.1. The summed E-state index contributed by atoms with van der Waals surface area (Å²) in [6.07, 6.45) is 11.1. The highest BCUT2D eigenvalue weighted by atomic mass is 35.5. The molecular weight excluding hydrogens is 290 g/mol. The molecule has 3 rings (SSSR count). The van der Waals surface area contributed by atoms with Crippen molar-refractivity contribution in [3.05, 3.63) is 53.0 Å². The highest BCUT2D eigenvalue weighted by Gasteiger charge is 2.24. The van der Waals surface area contributed by atoms with Crippen LogP contribution in [0.3, 0.4) is 0 Å². The van der Waals surface area contributed by atoms with Gasteiger partial charge in [-0.25, -0.2) is 9.97 Å². The highest BCUT2D eigenvalue weighted by Crippen LogP contribution is 2.39. The first-order chi connectivity index (χ1) is 10.2. The summed E-state index contributed by atoms with van der Waals surface area (Å²) >= 11 is 5.58. The second-order valence-corrected chi connectivity index (χ2v) is 5.42. The van der Waals surface area contributed by atoms with Crippen LogP contribution in [0.15, 0.2) is 41.8 Å². The van der Waals surface area contributed by atoms with Crippen LogP contribution in [0.5, 0.6) is 0 Å². The molecule has 0 aromatic carbocycles. The van der Waals surface area contributed by atoms with Crippen molar-refractivity contribution in [1.82, 2.24) is 14.4 Å². The third kappa shape index (κ3) is 3.28. The number of hydrogen-bond acceptors (Lipinski definition) is 5. The predicted molar refractivity (Wildman–Crippen MR) is 80.1 cm³/mol. The normalized spacial score (nSPS) is 16.4. The van der Waals surface area contributed by atoms with E-state index in [-0.39, 0.29) is 11.8 Å². The van der Waals surface area contributed by atoms with E-state index in [9.17, 15) is 0 Å². The van der Waals surface area contributed by atoms with E-state index in [0.29, 0.717) is 17.5 Å². The first kappa shape index (κ1) is 13.8. The van der Waals surface area contributed by atoms with Crippen molar-refractivity contribution in [3.8, 4) is 0 Å². The van der Waals surface area contributed by atoms with Crippen LogP contribution in [0, 0.1) is 0 Å². The predicted octanol–water partition coefficient (Wildman–Crippen LogP) is 1.96. The van der Waals surface area contributed by atoms with Gasteiger partial charge in [0.2, 0.25) is 5.78 Å². The van der Waals surface area contributed by atoms with E-state index in [2.05, 4.69) is 16.2 Å². The number of hydrogen-bond donors (Lipinski definition) is 2. The van der Waals surface area contributed by atoms with Crippen molar-refractivity contribution in [3.63, 3.8) is 0 Å².